The van der Waals surface area contributed by atoms with Crippen LogP contribution < -0.4 is 4.74 Å². The highest BCUT2D eigenvalue weighted by molar-refractivity contribution is 6.30. The zero-order chi connectivity index (χ0) is 14.8. The summed E-state index contributed by atoms with van der Waals surface area (Å²) in [5.41, 5.74) is 4.37. The van der Waals surface area contributed by atoms with Gasteiger partial charge in [0.15, 0.2) is 0 Å². The minimum absolute atomic E-state index is 0.167. The van der Waals surface area contributed by atoms with Crippen LogP contribution in [-0.2, 0) is 11.2 Å². The molecule has 1 atom stereocenters. The lowest BCUT2D eigenvalue weighted by Crippen LogP contribution is -1.97. The summed E-state index contributed by atoms with van der Waals surface area (Å²) in [6.45, 7) is 0. The number of aldehydes is 1. The summed E-state index contributed by atoms with van der Waals surface area (Å²) >= 11 is 6.03. The number of methoxy groups -OCH3 is 1. The van der Waals surface area contributed by atoms with E-state index < -0.39 is 0 Å². The molecule has 0 saturated carbocycles. The molecule has 0 spiro atoms. The first-order valence-corrected chi connectivity index (χ1v) is 7.17. The summed E-state index contributed by atoms with van der Waals surface area (Å²) in [6, 6.07) is 13.6. The lowest BCUT2D eigenvalue weighted by Gasteiger charge is -2.06. The fraction of sp³-hybridized carbons (Fsp3) is 0.167. The molecule has 2 aromatic rings. The van der Waals surface area contributed by atoms with Crippen LogP contribution >= 0.6 is 11.6 Å². The van der Waals surface area contributed by atoms with Crippen LogP contribution in [0, 0.1) is 0 Å². The summed E-state index contributed by atoms with van der Waals surface area (Å²) in [5.74, 6) is 0.657. The van der Waals surface area contributed by atoms with Crippen molar-refractivity contribution in [2.24, 2.45) is 0 Å². The number of allylic oxidation sites excluding steroid dienone is 1. The Morgan fingerprint density at radius 3 is 2.62 bits per heavy atom. The Morgan fingerprint density at radius 2 is 1.95 bits per heavy atom. The molecule has 3 rings (SSSR count). The van der Waals surface area contributed by atoms with Gasteiger partial charge in [-0.05, 0) is 47.4 Å². The van der Waals surface area contributed by atoms with Gasteiger partial charge in [-0.25, -0.2) is 0 Å². The number of carbonyl (C=O) groups excluding carboxylic acids is 1. The van der Waals surface area contributed by atoms with Gasteiger partial charge in [-0.2, -0.15) is 0 Å². The van der Waals surface area contributed by atoms with Crippen molar-refractivity contribution in [3.05, 3.63) is 69.8 Å². The van der Waals surface area contributed by atoms with Crippen LogP contribution in [0.25, 0.3) is 6.08 Å². The Kier molecular flexibility index (Phi) is 3.80. The first kappa shape index (κ1) is 13.9. The first-order valence-electron chi connectivity index (χ1n) is 6.79. The van der Waals surface area contributed by atoms with E-state index in [1.807, 2.05) is 42.5 Å². The molecule has 0 bridgehead atoms. The molecule has 106 valence electrons. The maximum absolute atomic E-state index is 11.5. The molecule has 21 heavy (non-hydrogen) atoms. The lowest BCUT2D eigenvalue weighted by atomic mass is 9.98. The number of rotatable bonds is 3. The molecule has 0 amide bonds. The van der Waals surface area contributed by atoms with Crippen LogP contribution in [0.1, 0.15) is 22.6 Å². The Hall–Kier alpha value is -2.06. The Balaban J connectivity index is 1.95. The summed E-state index contributed by atoms with van der Waals surface area (Å²) < 4.78 is 5.15. The van der Waals surface area contributed by atoms with Crippen LogP contribution in [0.5, 0.6) is 5.75 Å². The van der Waals surface area contributed by atoms with E-state index in [0.29, 0.717) is 5.02 Å². The van der Waals surface area contributed by atoms with Gasteiger partial charge in [0, 0.05) is 5.02 Å². The maximum Gasteiger partial charge on any atom is 0.131 e. The Labute approximate surface area is 129 Å². The maximum atomic E-state index is 11.5. The van der Waals surface area contributed by atoms with Crippen LogP contribution in [0.3, 0.4) is 0 Å². The zero-order valence-corrected chi connectivity index (χ0v) is 12.4. The highest BCUT2D eigenvalue weighted by atomic mass is 35.5. The largest absolute Gasteiger partial charge is 0.497 e. The fourth-order valence-corrected chi connectivity index (χ4v) is 2.97. The topological polar surface area (TPSA) is 26.3 Å². The average molecular weight is 299 g/mol. The molecule has 0 heterocycles. The molecular formula is C18H15ClO2. The van der Waals surface area contributed by atoms with Crippen molar-refractivity contribution in [1.29, 1.82) is 0 Å². The predicted octanol–water partition coefficient (Wildman–Crippen LogP) is 4.27. The van der Waals surface area contributed by atoms with Gasteiger partial charge < -0.3 is 9.53 Å². The van der Waals surface area contributed by atoms with Gasteiger partial charge in [-0.3, -0.25) is 0 Å². The van der Waals surface area contributed by atoms with Gasteiger partial charge in [0.05, 0.1) is 13.0 Å². The van der Waals surface area contributed by atoms with E-state index in [0.717, 1.165) is 40.7 Å². The standard InChI is InChI=1S/C18H15ClO2/c1-21-16-5-2-12(3-6-16)8-13-9-14-10-15(19)4-7-17(14)18(13)11-20/h2-8,10-11,18H,9H2,1H3/b13-8+. The fourth-order valence-electron chi connectivity index (χ4n) is 2.78. The van der Waals surface area contributed by atoms with Crippen molar-refractivity contribution in [2.75, 3.05) is 7.11 Å². The average Bonchev–Trinajstić information content (AvgIpc) is 2.84. The van der Waals surface area contributed by atoms with Gasteiger partial charge in [-0.15, -0.1) is 0 Å². The predicted molar refractivity (Wildman–Crippen MR) is 84.9 cm³/mol. The second kappa shape index (κ2) is 5.74. The quantitative estimate of drug-likeness (QED) is 0.791. The molecule has 0 radical (unpaired) electrons. The van der Waals surface area contributed by atoms with E-state index in [4.69, 9.17) is 16.3 Å². The SMILES string of the molecule is COc1ccc(/C=C2\Cc3cc(Cl)ccc3C2C=O)cc1. The van der Waals surface area contributed by atoms with Crippen LogP contribution in [0.2, 0.25) is 5.02 Å². The summed E-state index contributed by atoms with van der Waals surface area (Å²) in [7, 11) is 1.65. The molecule has 0 aliphatic heterocycles. The van der Waals surface area contributed by atoms with E-state index in [9.17, 15) is 4.79 Å². The van der Waals surface area contributed by atoms with Crippen LogP contribution in [0.4, 0.5) is 0 Å². The van der Waals surface area contributed by atoms with Gasteiger partial charge in [-0.1, -0.05) is 41.4 Å². The van der Waals surface area contributed by atoms with Crippen molar-refractivity contribution in [3.63, 3.8) is 0 Å². The van der Waals surface area contributed by atoms with Crippen molar-refractivity contribution in [2.45, 2.75) is 12.3 Å². The first-order chi connectivity index (χ1) is 10.2. The van der Waals surface area contributed by atoms with E-state index >= 15 is 0 Å². The molecule has 0 saturated heterocycles. The van der Waals surface area contributed by atoms with Gasteiger partial charge >= 0.3 is 0 Å². The highest BCUT2D eigenvalue weighted by Gasteiger charge is 2.26. The zero-order valence-electron chi connectivity index (χ0n) is 11.7. The molecule has 1 unspecified atom stereocenters. The monoisotopic (exact) mass is 298 g/mol. The molecule has 3 heteroatoms. The molecule has 0 aromatic heterocycles. The Morgan fingerprint density at radius 1 is 1.19 bits per heavy atom. The van der Waals surface area contributed by atoms with E-state index in [-0.39, 0.29) is 5.92 Å². The number of hydrogen-bond donors (Lipinski definition) is 0. The number of benzene rings is 2. The second-order valence-corrected chi connectivity index (χ2v) is 5.56. The van der Waals surface area contributed by atoms with Gasteiger partial charge in [0.1, 0.15) is 12.0 Å². The minimum Gasteiger partial charge on any atom is -0.497 e. The number of fused-ring (bicyclic) bond motifs is 1. The molecule has 2 nitrogen and oxygen atoms in total. The highest BCUT2D eigenvalue weighted by Crippen LogP contribution is 2.38. The van der Waals surface area contributed by atoms with E-state index in [1.54, 1.807) is 7.11 Å². The second-order valence-electron chi connectivity index (χ2n) is 5.13. The number of hydrogen-bond acceptors (Lipinski definition) is 2. The number of ether oxygens (including phenoxy) is 1. The van der Waals surface area contributed by atoms with E-state index in [1.165, 1.54) is 0 Å². The summed E-state index contributed by atoms with van der Waals surface area (Å²) in [4.78, 5) is 11.5. The van der Waals surface area contributed by atoms with E-state index in [2.05, 4.69) is 6.08 Å². The smallest absolute Gasteiger partial charge is 0.131 e. The van der Waals surface area contributed by atoms with Crippen LogP contribution in [-0.4, -0.2) is 13.4 Å². The number of halogens is 1. The van der Waals surface area contributed by atoms with Gasteiger partial charge in [0.2, 0.25) is 0 Å². The third-order valence-electron chi connectivity index (χ3n) is 3.84. The lowest BCUT2D eigenvalue weighted by molar-refractivity contribution is -0.108. The molecular weight excluding hydrogens is 284 g/mol. The van der Waals surface area contributed by atoms with Crippen molar-refractivity contribution in [1.82, 2.24) is 0 Å². The number of carbonyl (C=O) groups is 1. The third kappa shape index (κ3) is 2.72. The summed E-state index contributed by atoms with van der Waals surface area (Å²) in [5, 5.41) is 0.712. The summed E-state index contributed by atoms with van der Waals surface area (Å²) in [6.07, 6.45) is 3.85. The van der Waals surface area contributed by atoms with Gasteiger partial charge in [0.25, 0.3) is 0 Å². The molecule has 2 aromatic carbocycles. The Bertz CT molecular complexity index is 702. The van der Waals surface area contributed by atoms with Crippen molar-refractivity contribution >= 4 is 24.0 Å². The van der Waals surface area contributed by atoms with Crippen molar-refractivity contribution in [3.8, 4) is 5.75 Å². The molecule has 0 fully saturated rings. The molecule has 0 N–H and O–H groups in total. The van der Waals surface area contributed by atoms with Crippen molar-refractivity contribution < 1.29 is 9.53 Å². The third-order valence-corrected chi connectivity index (χ3v) is 4.07. The van der Waals surface area contributed by atoms with Crippen LogP contribution in [0.15, 0.2) is 48.0 Å². The normalized spacial score (nSPS) is 18.6. The molecule has 1 aliphatic rings. The molecule has 1 aliphatic carbocycles. The minimum atomic E-state index is -0.167.